The van der Waals surface area contributed by atoms with Crippen LogP contribution in [0.5, 0.6) is 0 Å². The third kappa shape index (κ3) is 3.64. The average molecular weight is 268 g/mol. The number of rotatable bonds is 5. The van der Waals surface area contributed by atoms with Gasteiger partial charge in [-0.05, 0) is 43.9 Å². The van der Waals surface area contributed by atoms with Gasteiger partial charge in [-0.2, -0.15) is 0 Å². The normalized spacial score (nSPS) is 16.1. The van der Waals surface area contributed by atoms with Crippen LogP contribution < -0.4 is 5.32 Å². The molecule has 0 spiro atoms. The van der Waals surface area contributed by atoms with Crippen LogP contribution in [0.3, 0.4) is 0 Å². The molecule has 0 bridgehead atoms. The molecule has 1 aromatic carbocycles. The minimum atomic E-state index is -0.324. The molecule has 2 rings (SSSR count). The van der Waals surface area contributed by atoms with Crippen molar-refractivity contribution in [2.24, 2.45) is 5.41 Å². The molecule has 98 valence electrons. The summed E-state index contributed by atoms with van der Waals surface area (Å²) in [6.07, 6.45) is 2.82. The Kier molecular flexibility index (Phi) is 4.12. The fraction of sp³-hybridized carbons (Fsp3) is 0.500. The number of carbonyl (C=O) groups excluding carboxylic acids is 1. The predicted octanol–water partition coefficient (Wildman–Crippen LogP) is 3.41. The van der Waals surface area contributed by atoms with Crippen LogP contribution in [-0.4, -0.2) is 19.2 Å². The first-order valence-corrected chi connectivity index (χ1v) is 6.66. The summed E-state index contributed by atoms with van der Waals surface area (Å²) < 4.78 is 5.23. The van der Waals surface area contributed by atoms with Crippen molar-refractivity contribution in [3.8, 4) is 0 Å². The summed E-state index contributed by atoms with van der Waals surface area (Å²) in [7, 11) is 0. The molecule has 0 heterocycles. The molecule has 1 saturated carbocycles. The molecule has 3 nitrogen and oxygen atoms in total. The van der Waals surface area contributed by atoms with Gasteiger partial charge in [-0.25, -0.2) is 4.79 Å². The Balaban J connectivity index is 1.87. The SMILES string of the molecule is CCNC(=O)OCC1(Cc2cccc(Cl)c2)CC1. The summed E-state index contributed by atoms with van der Waals surface area (Å²) in [5, 5.41) is 3.39. The topological polar surface area (TPSA) is 38.3 Å². The third-order valence-corrected chi connectivity index (χ3v) is 3.49. The molecule has 4 heteroatoms. The lowest BCUT2D eigenvalue weighted by Crippen LogP contribution is -2.27. The van der Waals surface area contributed by atoms with E-state index in [1.54, 1.807) is 0 Å². The highest BCUT2D eigenvalue weighted by molar-refractivity contribution is 6.30. The van der Waals surface area contributed by atoms with Crippen LogP contribution in [0.25, 0.3) is 0 Å². The lowest BCUT2D eigenvalue weighted by Gasteiger charge is -2.15. The van der Waals surface area contributed by atoms with Crippen LogP contribution >= 0.6 is 11.6 Å². The van der Waals surface area contributed by atoms with Crippen molar-refractivity contribution in [1.29, 1.82) is 0 Å². The largest absolute Gasteiger partial charge is 0.449 e. The Morgan fingerprint density at radius 2 is 2.28 bits per heavy atom. The van der Waals surface area contributed by atoms with Crippen molar-refractivity contribution >= 4 is 17.7 Å². The molecule has 0 aromatic heterocycles. The van der Waals surface area contributed by atoms with Crippen LogP contribution in [0.4, 0.5) is 4.79 Å². The van der Waals surface area contributed by atoms with Gasteiger partial charge in [-0.1, -0.05) is 23.7 Å². The zero-order valence-corrected chi connectivity index (χ0v) is 11.3. The maximum absolute atomic E-state index is 11.3. The molecule has 0 unspecified atom stereocenters. The Morgan fingerprint density at radius 1 is 1.50 bits per heavy atom. The summed E-state index contributed by atoms with van der Waals surface area (Å²) in [6, 6.07) is 7.88. The van der Waals surface area contributed by atoms with Gasteiger partial charge in [-0.15, -0.1) is 0 Å². The highest BCUT2D eigenvalue weighted by Gasteiger charge is 2.43. The first-order valence-electron chi connectivity index (χ1n) is 6.29. The molecule has 1 amide bonds. The van der Waals surface area contributed by atoms with Crippen molar-refractivity contribution in [1.82, 2.24) is 5.32 Å². The number of amides is 1. The Labute approximate surface area is 112 Å². The van der Waals surface area contributed by atoms with Crippen molar-refractivity contribution in [3.63, 3.8) is 0 Å². The molecule has 0 atom stereocenters. The van der Waals surface area contributed by atoms with E-state index in [0.29, 0.717) is 13.2 Å². The third-order valence-electron chi connectivity index (χ3n) is 3.26. The number of benzene rings is 1. The van der Waals surface area contributed by atoms with Crippen LogP contribution in [-0.2, 0) is 11.2 Å². The molecule has 1 aromatic rings. The van der Waals surface area contributed by atoms with E-state index in [0.717, 1.165) is 24.3 Å². The van der Waals surface area contributed by atoms with Gasteiger partial charge in [0.2, 0.25) is 0 Å². The minimum Gasteiger partial charge on any atom is -0.449 e. The standard InChI is InChI=1S/C14H18ClNO2/c1-2-16-13(17)18-10-14(6-7-14)9-11-4-3-5-12(15)8-11/h3-5,8H,2,6-7,9-10H2,1H3,(H,16,17). The maximum Gasteiger partial charge on any atom is 0.407 e. The predicted molar refractivity (Wildman–Crippen MR) is 71.8 cm³/mol. The zero-order chi connectivity index (χ0) is 13.0. The van der Waals surface area contributed by atoms with E-state index in [1.807, 2.05) is 25.1 Å². The smallest absolute Gasteiger partial charge is 0.407 e. The molecule has 0 radical (unpaired) electrons. The van der Waals surface area contributed by atoms with Gasteiger partial charge in [0.25, 0.3) is 0 Å². The molecule has 1 aliphatic carbocycles. The first kappa shape index (κ1) is 13.2. The van der Waals surface area contributed by atoms with Crippen LogP contribution in [0.2, 0.25) is 5.02 Å². The lowest BCUT2D eigenvalue weighted by atomic mass is 9.97. The molecular formula is C14H18ClNO2. The van der Waals surface area contributed by atoms with E-state index >= 15 is 0 Å². The van der Waals surface area contributed by atoms with Crippen LogP contribution in [0.15, 0.2) is 24.3 Å². The molecule has 0 saturated heterocycles. The average Bonchev–Trinajstić information content (AvgIpc) is 3.07. The summed E-state index contributed by atoms with van der Waals surface area (Å²) in [4.78, 5) is 11.3. The Hall–Kier alpha value is -1.22. The monoisotopic (exact) mass is 267 g/mol. The number of carbonyl (C=O) groups is 1. The molecule has 18 heavy (non-hydrogen) atoms. The second-order valence-corrected chi connectivity index (χ2v) is 5.35. The highest BCUT2D eigenvalue weighted by atomic mass is 35.5. The van der Waals surface area contributed by atoms with E-state index in [9.17, 15) is 4.79 Å². The number of hydrogen-bond acceptors (Lipinski definition) is 2. The fourth-order valence-electron chi connectivity index (χ4n) is 2.04. The van der Waals surface area contributed by atoms with Gasteiger partial charge >= 0.3 is 6.09 Å². The second-order valence-electron chi connectivity index (χ2n) is 4.91. The van der Waals surface area contributed by atoms with Gasteiger partial charge in [0.1, 0.15) is 0 Å². The first-order chi connectivity index (χ1) is 8.63. The Bertz CT molecular complexity index is 430. The van der Waals surface area contributed by atoms with E-state index in [1.165, 1.54) is 5.56 Å². The second kappa shape index (κ2) is 5.61. The Morgan fingerprint density at radius 3 is 2.89 bits per heavy atom. The van der Waals surface area contributed by atoms with Crippen LogP contribution in [0, 0.1) is 5.41 Å². The molecule has 1 fully saturated rings. The maximum atomic E-state index is 11.3. The highest BCUT2D eigenvalue weighted by Crippen LogP contribution is 2.48. The van der Waals surface area contributed by atoms with Gasteiger partial charge in [0, 0.05) is 17.0 Å². The van der Waals surface area contributed by atoms with Gasteiger partial charge < -0.3 is 10.1 Å². The lowest BCUT2D eigenvalue weighted by molar-refractivity contribution is 0.121. The molecular weight excluding hydrogens is 250 g/mol. The molecule has 0 aliphatic heterocycles. The van der Waals surface area contributed by atoms with Crippen molar-refractivity contribution in [3.05, 3.63) is 34.9 Å². The number of ether oxygens (including phenoxy) is 1. The summed E-state index contributed by atoms with van der Waals surface area (Å²) >= 11 is 5.97. The molecule has 1 N–H and O–H groups in total. The van der Waals surface area contributed by atoms with Crippen molar-refractivity contribution in [2.75, 3.05) is 13.2 Å². The fourth-order valence-corrected chi connectivity index (χ4v) is 2.26. The van der Waals surface area contributed by atoms with Crippen molar-refractivity contribution < 1.29 is 9.53 Å². The van der Waals surface area contributed by atoms with Gasteiger partial charge in [-0.3, -0.25) is 0 Å². The van der Waals surface area contributed by atoms with Crippen molar-refractivity contribution in [2.45, 2.75) is 26.2 Å². The molecule has 1 aliphatic rings. The summed E-state index contributed by atoms with van der Waals surface area (Å²) in [6.45, 7) is 2.96. The minimum absolute atomic E-state index is 0.135. The number of nitrogens with one attached hydrogen (secondary N) is 1. The quantitative estimate of drug-likeness (QED) is 0.888. The zero-order valence-electron chi connectivity index (χ0n) is 10.5. The van der Waals surface area contributed by atoms with Gasteiger partial charge in [0.15, 0.2) is 0 Å². The van der Waals surface area contributed by atoms with E-state index in [4.69, 9.17) is 16.3 Å². The van der Waals surface area contributed by atoms with Crippen LogP contribution in [0.1, 0.15) is 25.3 Å². The summed E-state index contributed by atoms with van der Waals surface area (Å²) in [5.74, 6) is 0. The van der Waals surface area contributed by atoms with Gasteiger partial charge in [0.05, 0.1) is 6.61 Å². The summed E-state index contributed by atoms with van der Waals surface area (Å²) in [5.41, 5.74) is 1.34. The van der Waals surface area contributed by atoms with E-state index in [2.05, 4.69) is 11.4 Å². The van der Waals surface area contributed by atoms with E-state index < -0.39 is 0 Å². The van der Waals surface area contributed by atoms with E-state index in [-0.39, 0.29) is 11.5 Å². The number of halogens is 1. The number of alkyl carbamates (subject to hydrolysis) is 1. The number of hydrogen-bond donors (Lipinski definition) is 1.